The van der Waals surface area contributed by atoms with Crippen molar-refractivity contribution in [3.05, 3.63) is 83.4 Å². The summed E-state index contributed by atoms with van der Waals surface area (Å²) in [6.07, 6.45) is 2.44. The van der Waals surface area contributed by atoms with Crippen molar-refractivity contribution in [2.45, 2.75) is 20.3 Å². The maximum absolute atomic E-state index is 14.2. The number of aryl methyl sites for hydroxylation is 2. The van der Waals surface area contributed by atoms with E-state index in [1.54, 1.807) is 12.3 Å². The number of hydrogen-bond acceptors (Lipinski definition) is 6. The predicted molar refractivity (Wildman–Crippen MR) is 112 cm³/mol. The van der Waals surface area contributed by atoms with E-state index < -0.39 is 17.5 Å². The minimum atomic E-state index is -1.19. The number of nitrogens with two attached hydrogens (primary N) is 1. The summed E-state index contributed by atoms with van der Waals surface area (Å²) in [5.74, 6) is -2.99. The van der Waals surface area contributed by atoms with Crippen molar-refractivity contribution in [3.8, 4) is 11.5 Å². The van der Waals surface area contributed by atoms with Crippen molar-refractivity contribution in [2.24, 2.45) is 0 Å². The Kier molecular flexibility index (Phi) is 6.86. The first kappa shape index (κ1) is 21.8. The number of hydrogen-bond donors (Lipinski definition) is 2. The lowest BCUT2D eigenvalue weighted by Crippen LogP contribution is -2.02. The van der Waals surface area contributed by atoms with Gasteiger partial charge in [-0.05, 0) is 55.3 Å². The molecular weight excluding hydrogens is 407 g/mol. The normalized spacial score (nSPS) is 10.4. The van der Waals surface area contributed by atoms with Crippen LogP contribution in [0.5, 0.6) is 0 Å². The average molecular weight is 427 g/mol. The zero-order chi connectivity index (χ0) is 22.4. The summed E-state index contributed by atoms with van der Waals surface area (Å²) in [6, 6.07) is 12.2. The third-order valence-corrected chi connectivity index (χ3v) is 4.28. The van der Waals surface area contributed by atoms with Crippen molar-refractivity contribution >= 4 is 17.4 Å². The summed E-state index contributed by atoms with van der Waals surface area (Å²) in [6.45, 7) is 3.85. The van der Waals surface area contributed by atoms with Gasteiger partial charge in [0.15, 0.2) is 11.6 Å². The molecule has 31 heavy (non-hydrogen) atoms. The first-order chi connectivity index (χ1) is 14.9. The Hall–Kier alpha value is -3.88. The third-order valence-electron chi connectivity index (χ3n) is 4.28. The Morgan fingerprint density at radius 1 is 1.00 bits per heavy atom. The molecule has 0 bridgehead atoms. The van der Waals surface area contributed by atoms with Gasteiger partial charge in [-0.3, -0.25) is 4.98 Å². The molecule has 0 amide bonds. The van der Waals surface area contributed by atoms with Crippen molar-refractivity contribution in [1.29, 1.82) is 0 Å². The fourth-order valence-corrected chi connectivity index (χ4v) is 2.66. The number of rotatable bonds is 4. The molecule has 0 aliphatic heterocycles. The maximum atomic E-state index is 14.2. The zero-order valence-electron chi connectivity index (χ0n) is 16.9. The third kappa shape index (κ3) is 5.39. The summed E-state index contributed by atoms with van der Waals surface area (Å²) in [5, 5.41) is 9.67. The summed E-state index contributed by atoms with van der Waals surface area (Å²) in [4.78, 5) is 3.98. The number of nitrogens with zero attached hydrogens (tertiary/aromatic N) is 3. The molecule has 0 spiro atoms. The molecule has 4 aromatic rings. The van der Waals surface area contributed by atoms with Gasteiger partial charge in [0, 0.05) is 11.9 Å². The molecule has 0 aliphatic carbocycles. The van der Waals surface area contributed by atoms with E-state index in [0.29, 0.717) is 6.42 Å². The SMILES string of the molecule is CCc1ccc(Nc2c(-c3nnc(N)o3)ccc(F)c2F)c(F)c1.Cc1ccccn1. The topological polar surface area (TPSA) is 89.9 Å². The van der Waals surface area contributed by atoms with Crippen LogP contribution in [0.1, 0.15) is 18.2 Å². The molecule has 9 heteroatoms. The summed E-state index contributed by atoms with van der Waals surface area (Å²) < 4.78 is 47.0. The first-order valence-corrected chi connectivity index (χ1v) is 9.39. The number of benzene rings is 2. The second kappa shape index (κ2) is 9.75. The molecule has 0 saturated carbocycles. The molecule has 4 rings (SSSR count). The van der Waals surface area contributed by atoms with Gasteiger partial charge in [-0.2, -0.15) is 0 Å². The molecule has 6 nitrogen and oxygen atoms in total. The minimum absolute atomic E-state index is 0.00885. The summed E-state index contributed by atoms with van der Waals surface area (Å²) in [5.41, 5.74) is 6.95. The van der Waals surface area contributed by atoms with Crippen molar-refractivity contribution < 1.29 is 17.6 Å². The number of nitrogen functional groups attached to an aromatic ring is 1. The van der Waals surface area contributed by atoms with Crippen LogP contribution in [0.2, 0.25) is 0 Å². The molecule has 3 N–H and O–H groups in total. The van der Waals surface area contributed by atoms with Crippen LogP contribution in [0, 0.1) is 24.4 Å². The molecule has 2 aromatic carbocycles. The smallest absolute Gasteiger partial charge is 0.313 e. The lowest BCUT2D eigenvalue weighted by molar-refractivity contribution is 0.511. The van der Waals surface area contributed by atoms with E-state index in [-0.39, 0.29) is 28.8 Å². The van der Waals surface area contributed by atoms with Gasteiger partial charge in [0.2, 0.25) is 0 Å². The van der Waals surface area contributed by atoms with Crippen LogP contribution < -0.4 is 11.1 Å². The highest BCUT2D eigenvalue weighted by Gasteiger charge is 2.20. The molecule has 0 unspecified atom stereocenters. The first-order valence-electron chi connectivity index (χ1n) is 9.39. The van der Waals surface area contributed by atoms with E-state index in [0.717, 1.165) is 17.3 Å². The average Bonchev–Trinajstić information content (AvgIpc) is 3.19. The van der Waals surface area contributed by atoms with Crippen molar-refractivity contribution in [3.63, 3.8) is 0 Å². The van der Waals surface area contributed by atoms with Gasteiger partial charge in [-0.1, -0.05) is 24.2 Å². The van der Waals surface area contributed by atoms with Crippen molar-refractivity contribution in [2.75, 3.05) is 11.1 Å². The lowest BCUT2D eigenvalue weighted by Gasteiger charge is -2.13. The van der Waals surface area contributed by atoms with Crippen molar-refractivity contribution in [1.82, 2.24) is 15.2 Å². The quantitative estimate of drug-likeness (QED) is 0.451. The Morgan fingerprint density at radius 2 is 1.81 bits per heavy atom. The molecule has 0 saturated heterocycles. The van der Waals surface area contributed by atoms with E-state index in [4.69, 9.17) is 10.2 Å². The molecule has 0 atom stereocenters. The fraction of sp³-hybridized carbons (Fsp3) is 0.136. The molecule has 2 aromatic heterocycles. The Bertz CT molecular complexity index is 1170. The lowest BCUT2D eigenvalue weighted by atomic mass is 10.1. The van der Waals surface area contributed by atoms with Gasteiger partial charge in [-0.15, -0.1) is 5.10 Å². The van der Waals surface area contributed by atoms with Crippen LogP contribution in [0.25, 0.3) is 11.5 Å². The molecule has 0 aliphatic rings. The van der Waals surface area contributed by atoms with Crippen LogP contribution in [0.3, 0.4) is 0 Å². The van der Waals surface area contributed by atoms with Crippen LogP contribution in [-0.4, -0.2) is 15.2 Å². The Labute approximate surface area is 177 Å². The molecule has 0 radical (unpaired) electrons. The molecule has 2 heterocycles. The molecular formula is C22H20F3N5O. The zero-order valence-corrected chi connectivity index (χ0v) is 16.9. The second-order valence-corrected chi connectivity index (χ2v) is 6.49. The number of halogens is 3. The van der Waals surface area contributed by atoms with Crippen LogP contribution in [0.15, 0.2) is 59.1 Å². The number of nitrogens with one attached hydrogen (secondary N) is 1. The van der Waals surface area contributed by atoms with E-state index in [9.17, 15) is 13.2 Å². The molecule has 160 valence electrons. The Balaban J connectivity index is 0.000000330. The number of aromatic nitrogens is 3. The molecule has 0 fully saturated rings. The fourth-order valence-electron chi connectivity index (χ4n) is 2.66. The minimum Gasteiger partial charge on any atom is -0.403 e. The van der Waals surface area contributed by atoms with Crippen LogP contribution in [0.4, 0.5) is 30.6 Å². The van der Waals surface area contributed by atoms with Gasteiger partial charge in [0.05, 0.1) is 16.9 Å². The van der Waals surface area contributed by atoms with E-state index >= 15 is 0 Å². The van der Waals surface area contributed by atoms with Gasteiger partial charge in [0.1, 0.15) is 5.82 Å². The van der Waals surface area contributed by atoms with E-state index in [1.165, 1.54) is 18.2 Å². The standard InChI is InChI=1S/C16H13F3N4O.C6H7N/c1-2-8-3-6-12(11(18)7-8)21-14-9(4-5-10(17)13(14)19)15-22-23-16(20)24-15;1-6-4-2-3-5-7-6/h3-7,21H,2H2,1H3,(H2,20,23);2-5H,1H3. The van der Waals surface area contributed by atoms with Crippen LogP contribution in [-0.2, 0) is 6.42 Å². The van der Waals surface area contributed by atoms with Gasteiger partial charge in [-0.25, -0.2) is 13.2 Å². The predicted octanol–water partition coefficient (Wildman–Crippen LogP) is 5.43. The highest BCUT2D eigenvalue weighted by atomic mass is 19.2. The largest absolute Gasteiger partial charge is 0.403 e. The summed E-state index contributed by atoms with van der Waals surface area (Å²) >= 11 is 0. The van der Waals surface area contributed by atoms with Gasteiger partial charge >= 0.3 is 6.01 Å². The van der Waals surface area contributed by atoms with E-state index in [1.807, 2.05) is 32.0 Å². The second-order valence-electron chi connectivity index (χ2n) is 6.49. The number of pyridine rings is 1. The van der Waals surface area contributed by atoms with Gasteiger partial charge in [0.25, 0.3) is 5.89 Å². The number of anilines is 3. The summed E-state index contributed by atoms with van der Waals surface area (Å²) in [7, 11) is 0. The highest BCUT2D eigenvalue weighted by Crippen LogP contribution is 2.34. The van der Waals surface area contributed by atoms with Crippen LogP contribution >= 0.6 is 0 Å². The monoisotopic (exact) mass is 427 g/mol. The Morgan fingerprint density at radius 3 is 2.35 bits per heavy atom. The van der Waals surface area contributed by atoms with Gasteiger partial charge < -0.3 is 15.5 Å². The maximum Gasteiger partial charge on any atom is 0.313 e. The van der Waals surface area contributed by atoms with E-state index in [2.05, 4.69) is 20.5 Å². The highest BCUT2D eigenvalue weighted by molar-refractivity contribution is 5.77.